The van der Waals surface area contributed by atoms with Crippen molar-refractivity contribution in [2.75, 3.05) is 14.2 Å². The summed E-state index contributed by atoms with van der Waals surface area (Å²) >= 11 is 0. The van der Waals surface area contributed by atoms with Crippen molar-refractivity contribution < 1.29 is 17.9 Å². The number of methoxy groups -OCH3 is 2. The summed E-state index contributed by atoms with van der Waals surface area (Å²) < 4.78 is 37.7. The average molecular weight is 310 g/mol. The number of hydrogen-bond donors (Lipinski definition) is 1. The molecular weight excluding hydrogens is 292 g/mol. The third-order valence-corrected chi connectivity index (χ3v) is 4.69. The van der Waals surface area contributed by atoms with Gasteiger partial charge in [0.25, 0.3) is 0 Å². The molecule has 0 fully saturated rings. The van der Waals surface area contributed by atoms with E-state index in [0.717, 1.165) is 5.39 Å². The van der Waals surface area contributed by atoms with Gasteiger partial charge in [0, 0.05) is 25.8 Å². The molecule has 0 radical (unpaired) electrons. The number of ether oxygens (including phenoxy) is 2. The molecule has 1 N–H and O–H groups in total. The summed E-state index contributed by atoms with van der Waals surface area (Å²) in [5.41, 5.74) is 0.436. The van der Waals surface area contributed by atoms with Crippen LogP contribution in [0.1, 0.15) is 6.92 Å². The van der Waals surface area contributed by atoms with Gasteiger partial charge in [-0.2, -0.15) is 0 Å². The Morgan fingerprint density at radius 1 is 1.14 bits per heavy atom. The van der Waals surface area contributed by atoms with Gasteiger partial charge < -0.3 is 9.47 Å². The molecular formula is C14H18N2O4S. The molecule has 0 amide bonds. The maximum atomic E-state index is 12.5. The van der Waals surface area contributed by atoms with Gasteiger partial charge >= 0.3 is 0 Å². The number of sulfonamides is 1. The Hall–Kier alpha value is -1.54. The number of hydrogen-bond acceptors (Lipinski definition) is 5. The summed E-state index contributed by atoms with van der Waals surface area (Å²) in [4.78, 5) is 4.30. The zero-order valence-corrected chi connectivity index (χ0v) is 12.9. The van der Waals surface area contributed by atoms with Crippen molar-refractivity contribution >= 4 is 20.9 Å². The normalized spacial score (nSPS) is 13.7. The second-order valence-corrected chi connectivity index (χ2v) is 6.26. The van der Waals surface area contributed by atoms with Crippen LogP contribution >= 0.6 is 0 Å². The zero-order valence-electron chi connectivity index (χ0n) is 12.1. The minimum atomic E-state index is -3.72. The van der Waals surface area contributed by atoms with E-state index in [-0.39, 0.29) is 4.90 Å². The lowest BCUT2D eigenvalue weighted by Gasteiger charge is -2.22. The Balaban J connectivity index is 2.38. The number of nitrogens with zero attached hydrogens (tertiary/aromatic N) is 1. The molecule has 0 aliphatic carbocycles. The first-order valence-corrected chi connectivity index (χ1v) is 7.89. The van der Waals surface area contributed by atoms with E-state index in [1.54, 1.807) is 25.3 Å². The van der Waals surface area contributed by atoms with E-state index in [0.29, 0.717) is 5.52 Å². The van der Waals surface area contributed by atoms with Crippen molar-refractivity contribution in [3.63, 3.8) is 0 Å². The number of fused-ring (bicyclic) bond motifs is 1. The van der Waals surface area contributed by atoms with Crippen LogP contribution in [0.25, 0.3) is 10.9 Å². The van der Waals surface area contributed by atoms with Crippen LogP contribution in [0.5, 0.6) is 0 Å². The fourth-order valence-corrected chi connectivity index (χ4v) is 3.57. The third-order valence-electron chi connectivity index (χ3n) is 3.10. The maximum Gasteiger partial charge on any atom is 0.243 e. The first-order chi connectivity index (χ1) is 9.99. The van der Waals surface area contributed by atoms with Gasteiger partial charge in [0.2, 0.25) is 10.0 Å². The van der Waals surface area contributed by atoms with Gasteiger partial charge in [0.05, 0.1) is 11.6 Å². The van der Waals surface area contributed by atoms with Crippen molar-refractivity contribution in [3.8, 4) is 0 Å². The third kappa shape index (κ3) is 3.38. The molecule has 0 spiro atoms. The first-order valence-electron chi connectivity index (χ1n) is 6.41. The number of para-hydroxylation sites is 1. The highest BCUT2D eigenvalue weighted by Gasteiger charge is 2.25. The Labute approximate surface area is 124 Å². The highest BCUT2D eigenvalue weighted by molar-refractivity contribution is 7.89. The van der Waals surface area contributed by atoms with E-state index >= 15 is 0 Å². The molecule has 6 nitrogen and oxygen atoms in total. The number of aromatic nitrogens is 1. The first kappa shape index (κ1) is 15.8. The smallest absolute Gasteiger partial charge is 0.243 e. The lowest BCUT2D eigenvalue weighted by Crippen LogP contribution is -2.42. The van der Waals surface area contributed by atoms with Gasteiger partial charge in [-0.05, 0) is 19.1 Å². The summed E-state index contributed by atoms with van der Waals surface area (Å²) in [6, 6.07) is 8.08. The quantitative estimate of drug-likeness (QED) is 0.819. The minimum Gasteiger partial charge on any atom is -0.354 e. The fraction of sp³-hybridized carbons (Fsp3) is 0.357. The number of rotatable bonds is 6. The summed E-state index contributed by atoms with van der Waals surface area (Å²) in [5.74, 6) is 0. The topological polar surface area (TPSA) is 77.5 Å². The molecule has 0 aliphatic rings. The average Bonchev–Trinajstić information content (AvgIpc) is 2.47. The van der Waals surface area contributed by atoms with Gasteiger partial charge in [0.1, 0.15) is 4.90 Å². The molecule has 2 aromatic rings. The fourth-order valence-electron chi connectivity index (χ4n) is 2.16. The van der Waals surface area contributed by atoms with Crippen molar-refractivity contribution in [2.45, 2.75) is 24.2 Å². The Kier molecular flexibility index (Phi) is 4.89. The van der Waals surface area contributed by atoms with Crippen LogP contribution in [0.4, 0.5) is 0 Å². The van der Waals surface area contributed by atoms with E-state index in [1.807, 2.05) is 12.1 Å². The molecule has 114 valence electrons. The minimum absolute atomic E-state index is 0.137. The molecule has 21 heavy (non-hydrogen) atoms. The van der Waals surface area contributed by atoms with Crippen molar-refractivity contribution in [1.82, 2.24) is 9.71 Å². The van der Waals surface area contributed by atoms with Crippen LogP contribution in [0.3, 0.4) is 0 Å². The predicted octanol–water partition coefficient (Wildman–Crippen LogP) is 1.52. The molecule has 0 saturated carbocycles. The maximum absolute atomic E-state index is 12.5. The lowest BCUT2D eigenvalue weighted by molar-refractivity contribution is -0.115. The Morgan fingerprint density at radius 2 is 1.81 bits per heavy atom. The zero-order chi connectivity index (χ0) is 15.5. The standard InChI is InChI=1S/C14H18N2O4S/c1-10(14(19-2)20-3)16-21(17,18)12-8-4-6-11-7-5-9-15-13(11)12/h4-10,14,16H,1-3H3. The van der Waals surface area contributed by atoms with Gasteiger partial charge in [0.15, 0.2) is 6.29 Å². The SMILES string of the molecule is COC(OC)C(C)NS(=O)(=O)c1cccc2cccnc12. The second kappa shape index (κ2) is 6.48. The molecule has 1 heterocycles. The van der Waals surface area contributed by atoms with Crippen LogP contribution in [0, 0.1) is 0 Å². The van der Waals surface area contributed by atoms with Gasteiger partial charge in [-0.25, -0.2) is 13.1 Å². The van der Waals surface area contributed by atoms with Gasteiger partial charge in [-0.15, -0.1) is 0 Å². The van der Waals surface area contributed by atoms with E-state index in [2.05, 4.69) is 9.71 Å². The Morgan fingerprint density at radius 3 is 2.48 bits per heavy atom. The van der Waals surface area contributed by atoms with Crippen LogP contribution in [-0.2, 0) is 19.5 Å². The largest absolute Gasteiger partial charge is 0.354 e. The molecule has 1 unspecified atom stereocenters. The van der Waals surface area contributed by atoms with Gasteiger partial charge in [-0.3, -0.25) is 4.98 Å². The Bertz CT molecular complexity index is 708. The monoisotopic (exact) mass is 310 g/mol. The highest BCUT2D eigenvalue weighted by Crippen LogP contribution is 2.21. The number of nitrogens with one attached hydrogen (secondary N) is 1. The molecule has 0 bridgehead atoms. The van der Waals surface area contributed by atoms with E-state index in [1.165, 1.54) is 20.3 Å². The van der Waals surface area contributed by atoms with Crippen molar-refractivity contribution in [3.05, 3.63) is 36.5 Å². The van der Waals surface area contributed by atoms with Crippen molar-refractivity contribution in [1.29, 1.82) is 0 Å². The molecule has 7 heteroatoms. The highest BCUT2D eigenvalue weighted by atomic mass is 32.2. The van der Waals surface area contributed by atoms with Crippen LogP contribution in [-0.4, -0.2) is 40.0 Å². The molecule has 1 aromatic heterocycles. The predicted molar refractivity (Wildman–Crippen MR) is 79.3 cm³/mol. The lowest BCUT2D eigenvalue weighted by atomic mass is 10.2. The molecule has 1 aromatic carbocycles. The number of benzene rings is 1. The van der Waals surface area contributed by atoms with E-state index in [4.69, 9.17) is 9.47 Å². The summed E-state index contributed by atoms with van der Waals surface area (Å²) in [5, 5.41) is 0.767. The second-order valence-electron chi connectivity index (χ2n) is 4.58. The summed E-state index contributed by atoms with van der Waals surface area (Å²) in [6.07, 6.45) is 0.903. The molecule has 0 saturated heterocycles. The summed E-state index contributed by atoms with van der Waals surface area (Å²) in [6.45, 7) is 1.67. The van der Waals surface area contributed by atoms with Crippen LogP contribution in [0.15, 0.2) is 41.4 Å². The molecule has 1 atom stereocenters. The van der Waals surface area contributed by atoms with Crippen LogP contribution in [0.2, 0.25) is 0 Å². The van der Waals surface area contributed by atoms with Gasteiger partial charge in [-0.1, -0.05) is 18.2 Å². The molecule has 2 rings (SSSR count). The van der Waals surface area contributed by atoms with Crippen molar-refractivity contribution in [2.24, 2.45) is 0 Å². The molecule has 0 aliphatic heterocycles. The van der Waals surface area contributed by atoms with Crippen LogP contribution < -0.4 is 4.72 Å². The van der Waals surface area contributed by atoms with E-state index in [9.17, 15) is 8.42 Å². The number of pyridine rings is 1. The summed E-state index contributed by atoms with van der Waals surface area (Å²) in [7, 11) is -0.810. The van der Waals surface area contributed by atoms with E-state index < -0.39 is 22.4 Å².